The van der Waals surface area contributed by atoms with Crippen LogP contribution in [0.15, 0.2) is 41.0 Å². The zero-order valence-corrected chi connectivity index (χ0v) is 15.3. The van der Waals surface area contributed by atoms with Gasteiger partial charge in [0.2, 0.25) is 10.0 Å². The summed E-state index contributed by atoms with van der Waals surface area (Å²) in [7, 11) is -3.45. The Labute approximate surface area is 151 Å². The lowest BCUT2D eigenvalue weighted by Gasteiger charge is -2.33. The molecule has 2 heterocycles. The first kappa shape index (κ1) is 17.8. The van der Waals surface area contributed by atoms with Crippen LogP contribution < -0.4 is 0 Å². The summed E-state index contributed by atoms with van der Waals surface area (Å²) >= 11 is 12.2. The van der Waals surface area contributed by atoms with Crippen molar-refractivity contribution >= 4 is 33.2 Å². The number of nitrogens with zero attached hydrogens (tertiary/aromatic N) is 2. The molecule has 1 aliphatic heterocycles. The maximum Gasteiger partial charge on any atom is 0.218 e. The van der Waals surface area contributed by atoms with Crippen molar-refractivity contribution in [2.45, 2.75) is 12.3 Å². The van der Waals surface area contributed by atoms with Crippen LogP contribution in [0.1, 0.15) is 11.3 Å². The summed E-state index contributed by atoms with van der Waals surface area (Å²) < 4.78 is 32.1. The van der Waals surface area contributed by atoms with Gasteiger partial charge < -0.3 is 4.42 Å². The maximum atomic E-state index is 12.7. The molecule has 0 atom stereocenters. The molecule has 24 heavy (non-hydrogen) atoms. The molecule has 8 heteroatoms. The molecule has 1 aromatic carbocycles. The van der Waals surface area contributed by atoms with Crippen LogP contribution in [0.4, 0.5) is 0 Å². The Bertz CT molecular complexity index is 765. The highest BCUT2D eigenvalue weighted by atomic mass is 35.5. The van der Waals surface area contributed by atoms with Crippen molar-refractivity contribution in [3.05, 3.63) is 58.0 Å². The second kappa shape index (κ2) is 7.45. The highest BCUT2D eigenvalue weighted by Gasteiger charge is 2.28. The average Bonchev–Trinajstić information content (AvgIpc) is 3.05. The third kappa shape index (κ3) is 4.13. The van der Waals surface area contributed by atoms with E-state index in [1.54, 1.807) is 24.5 Å². The van der Waals surface area contributed by atoms with Crippen molar-refractivity contribution in [3.8, 4) is 0 Å². The van der Waals surface area contributed by atoms with Gasteiger partial charge in [-0.1, -0.05) is 29.3 Å². The Balaban J connectivity index is 1.62. The van der Waals surface area contributed by atoms with E-state index < -0.39 is 10.0 Å². The standard InChI is InChI=1S/C16H18Cl2N2O3S/c17-15-4-1-5-16(18)14(15)12-24(21,22)20-8-6-19(7-9-20)11-13-3-2-10-23-13/h1-5,10H,6-9,11-12H2. The smallest absolute Gasteiger partial charge is 0.218 e. The Hall–Kier alpha value is -1.05. The predicted molar refractivity (Wildman–Crippen MR) is 94.6 cm³/mol. The predicted octanol–water partition coefficient (Wildman–Crippen LogP) is 3.23. The van der Waals surface area contributed by atoms with E-state index in [0.717, 1.165) is 5.76 Å². The van der Waals surface area contributed by atoms with Crippen LogP contribution >= 0.6 is 23.2 Å². The van der Waals surface area contributed by atoms with Crippen LogP contribution in [-0.4, -0.2) is 43.8 Å². The minimum absolute atomic E-state index is 0.177. The van der Waals surface area contributed by atoms with Gasteiger partial charge in [-0.2, -0.15) is 4.31 Å². The van der Waals surface area contributed by atoms with E-state index in [0.29, 0.717) is 48.3 Å². The summed E-state index contributed by atoms with van der Waals surface area (Å²) in [6.45, 7) is 2.92. The molecule has 130 valence electrons. The van der Waals surface area contributed by atoms with Gasteiger partial charge in [0.25, 0.3) is 0 Å². The first-order valence-corrected chi connectivity index (χ1v) is 9.98. The SMILES string of the molecule is O=S(=O)(Cc1c(Cl)cccc1Cl)N1CCN(Cc2ccco2)CC1. The molecule has 0 bridgehead atoms. The van der Waals surface area contributed by atoms with Gasteiger partial charge in [0, 0.05) is 41.8 Å². The molecule has 2 aromatic rings. The fraction of sp³-hybridized carbons (Fsp3) is 0.375. The van der Waals surface area contributed by atoms with Gasteiger partial charge in [0.05, 0.1) is 18.6 Å². The number of piperazine rings is 1. The number of rotatable bonds is 5. The third-order valence-electron chi connectivity index (χ3n) is 4.07. The second-order valence-corrected chi connectivity index (χ2v) is 8.49. The maximum absolute atomic E-state index is 12.7. The van der Waals surface area contributed by atoms with Gasteiger partial charge in [-0.3, -0.25) is 4.90 Å². The van der Waals surface area contributed by atoms with Gasteiger partial charge in [-0.05, 0) is 24.3 Å². The van der Waals surface area contributed by atoms with Crippen LogP contribution in [0, 0.1) is 0 Å². The quantitative estimate of drug-likeness (QED) is 0.788. The van der Waals surface area contributed by atoms with Crippen molar-refractivity contribution in [2.75, 3.05) is 26.2 Å². The molecule has 5 nitrogen and oxygen atoms in total. The lowest BCUT2D eigenvalue weighted by Crippen LogP contribution is -2.48. The Morgan fingerprint density at radius 2 is 1.67 bits per heavy atom. The van der Waals surface area contributed by atoms with Gasteiger partial charge in [-0.15, -0.1) is 0 Å². The van der Waals surface area contributed by atoms with Crippen LogP contribution in [0.3, 0.4) is 0 Å². The first-order chi connectivity index (χ1) is 11.5. The Morgan fingerprint density at radius 3 is 2.25 bits per heavy atom. The van der Waals surface area contributed by atoms with Gasteiger partial charge in [0.15, 0.2) is 0 Å². The van der Waals surface area contributed by atoms with Crippen molar-refractivity contribution < 1.29 is 12.8 Å². The molecule has 0 amide bonds. The van der Waals surface area contributed by atoms with Crippen molar-refractivity contribution in [2.24, 2.45) is 0 Å². The average molecular weight is 389 g/mol. The number of hydrogen-bond donors (Lipinski definition) is 0. The summed E-state index contributed by atoms with van der Waals surface area (Å²) in [5, 5.41) is 0.755. The topological polar surface area (TPSA) is 53.8 Å². The zero-order chi connectivity index (χ0) is 17.2. The van der Waals surface area contributed by atoms with E-state index in [1.165, 1.54) is 4.31 Å². The number of hydrogen-bond acceptors (Lipinski definition) is 4. The van der Waals surface area contributed by atoms with E-state index in [4.69, 9.17) is 27.6 Å². The molecule has 0 unspecified atom stereocenters. The molecular weight excluding hydrogens is 371 g/mol. The van der Waals surface area contributed by atoms with E-state index in [2.05, 4.69) is 4.90 Å². The van der Waals surface area contributed by atoms with Gasteiger partial charge >= 0.3 is 0 Å². The third-order valence-corrected chi connectivity index (χ3v) is 6.59. The zero-order valence-electron chi connectivity index (χ0n) is 13.0. The van der Waals surface area contributed by atoms with Crippen LogP contribution in [-0.2, 0) is 22.3 Å². The largest absolute Gasteiger partial charge is 0.468 e. The number of benzene rings is 1. The minimum atomic E-state index is -3.45. The molecular formula is C16H18Cl2N2O3S. The number of halogens is 2. The molecule has 1 saturated heterocycles. The van der Waals surface area contributed by atoms with E-state index >= 15 is 0 Å². The summed E-state index contributed by atoms with van der Waals surface area (Å²) in [5.41, 5.74) is 0.457. The highest BCUT2D eigenvalue weighted by Crippen LogP contribution is 2.27. The van der Waals surface area contributed by atoms with E-state index in [-0.39, 0.29) is 5.75 Å². The lowest BCUT2D eigenvalue weighted by atomic mass is 10.2. The molecule has 0 aliphatic carbocycles. The Morgan fingerprint density at radius 1 is 1.00 bits per heavy atom. The number of sulfonamides is 1. The molecule has 1 aromatic heterocycles. The van der Waals surface area contributed by atoms with Crippen LogP contribution in [0.25, 0.3) is 0 Å². The number of furan rings is 1. The molecule has 0 N–H and O–H groups in total. The summed E-state index contributed by atoms with van der Waals surface area (Å²) in [6.07, 6.45) is 1.64. The van der Waals surface area contributed by atoms with Gasteiger partial charge in [-0.25, -0.2) is 8.42 Å². The molecule has 1 fully saturated rings. The molecule has 1 aliphatic rings. The fourth-order valence-electron chi connectivity index (χ4n) is 2.73. The van der Waals surface area contributed by atoms with Crippen molar-refractivity contribution in [1.82, 2.24) is 9.21 Å². The first-order valence-electron chi connectivity index (χ1n) is 7.61. The summed E-state index contributed by atoms with van der Waals surface area (Å²) in [4.78, 5) is 2.17. The van der Waals surface area contributed by atoms with Gasteiger partial charge in [0.1, 0.15) is 5.76 Å². The second-order valence-electron chi connectivity index (χ2n) is 5.71. The summed E-state index contributed by atoms with van der Waals surface area (Å²) in [6, 6.07) is 8.78. The lowest BCUT2D eigenvalue weighted by molar-refractivity contribution is 0.171. The van der Waals surface area contributed by atoms with Crippen molar-refractivity contribution in [3.63, 3.8) is 0 Å². The van der Waals surface area contributed by atoms with Crippen molar-refractivity contribution in [1.29, 1.82) is 0 Å². The van der Waals surface area contributed by atoms with E-state index in [1.807, 2.05) is 12.1 Å². The summed E-state index contributed by atoms with van der Waals surface area (Å²) in [5.74, 6) is 0.707. The normalized spacial score (nSPS) is 17.2. The van der Waals surface area contributed by atoms with E-state index in [9.17, 15) is 8.42 Å². The molecule has 3 rings (SSSR count). The fourth-order valence-corrected chi connectivity index (χ4v) is 5.00. The Kier molecular flexibility index (Phi) is 5.52. The highest BCUT2D eigenvalue weighted by molar-refractivity contribution is 7.88. The minimum Gasteiger partial charge on any atom is -0.468 e. The molecule has 0 spiro atoms. The monoisotopic (exact) mass is 388 g/mol. The molecule has 0 saturated carbocycles. The molecule has 0 radical (unpaired) electrons. The van der Waals surface area contributed by atoms with Crippen LogP contribution in [0.2, 0.25) is 10.0 Å². The van der Waals surface area contributed by atoms with Crippen LogP contribution in [0.5, 0.6) is 0 Å².